The minimum atomic E-state index is -0.0555. The van der Waals surface area contributed by atoms with Crippen LogP contribution < -0.4 is 5.73 Å². The normalized spacial score (nSPS) is 11.5. The van der Waals surface area contributed by atoms with Crippen molar-refractivity contribution in [3.05, 3.63) is 68.2 Å². The first-order valence-electron chi connectivity index (χ1n) is 8.03. The number of aromatic nitrogens is 1. The number of carbonyl (C=O) groups excluding carboxylic acids is 1. The molecule has 0 spiro atoms. The van der Waals surface area contributed by atoms with E-state index in [0.29, 0.717) is 16.1 Å². The molecule has 0 unspecified atom stereocenters. The largest absolute Gasteiger partial charge is 0.397 e. The molecule has 0 aliphatic carbocycles. The van der Waals surface area contributed by atoms with Crippen molar-refractivity contribution < 1.29 is 4.79 Å². The van der Waals surface area contributed by atoms with Gasteiger partial charge in [0.05, 0.1) is 5.69 Å². The highest BCUT2D eigenvalue weighted by molar-refractivity contribution is 9.10. The van der Waals surface area contributed by atoms with E-state index in [1.165, 1.54) is 16.9 Å². The van der Waals surface area contributed by atoms with E-state index < -0.39 is 0 Å². The zero-order chi connectivity index (χ0) is 18.1. The summed E-state index contributed by atoms with van der Waals surface area (Å²) in [4.78, 5) is 19.0. The third-order valence-corrected chi connectivity index (χ3v) is 5.96. The van der Waals surface area contributed by atoms with Crippen LogP contribution in [0.4, 0.5) is 5.69 Å². The second-order valence-electron chi connectivity index (χ2n) is 5.93. The SMILES string of the molecule is C/C=C/Cc1c(C)nc2sc(C(=O)c3ccc(Br)cc3)c(N)c2c1C. The number of nitrogen functional groups attached to an aromatic ring is 1. The number of rotatable bonds is 4. The fourth-order valence-corrected chi connectivity index (χ4v) is 4.38. The molecule has 128 valence electrons. The third-order valence-electron chi connectivity index (χ3n) is 4.33. The molecule has 3 rings (SSSR count). The highest BCUT2D eigenvalue weighted by Gasteiger charge is 2.21. The lowest BCUT2D eigenvalue weighted by atomic mass is 10.00. The summed E-state index contributed by atoms with van der Waals surface area (Å²) in [6.07, 6.45) is 4.96. The Morgan fingerprint density at radius 3 is 2.60 bits per heavy atom. The Hall–Kier alpha value is -1.98. The van der Waals surface area contributed by atoms with Crippen molar-refractivity contribution in [1.29, 1.82) is 0 Å². The van der Waals surface area contributed by atoms with Gasteiger partial charge in [0.25, 0.3) is 0 Å². The minimum Gasteiger partial charge on any atom is -0.397 e. The molecule has 0 aliphatic rings. The van der Waals surface area contributed by atoms with Crippen molar-refractivity contribution in [2.75, 3.05) is 5.73 Å². The number of nitrogens with two attached hydrogens (primary N) is 1. The van der Waals surface area contributed by atoms with Crippen LogP contribution in [0.25, 0.3) is 10.2 Å². The molecular formula is C20H19BrN2OS. The van der Waals surface area contributed by atoms with Gasteiger partial charge in [0, 0.05) is 21.1 Å². The van der Waals surface area contributed by atoms with E-state index in [-0.39, 0.29) is 5.78 Å². The summed E-state index contributed by atoms with van der Waals surface area (Å²) in [5.74, 6) is -0.0555. The number of thiophene rings is 1. The van der Waals surface area contributed by atoms with Gasteiger partial charge >= 0.3 is 0 Å². The number of carbonyl (C=O) groups is 1. The number of benzene rings is 1. The van der Waals surface area contributed by atoms with Crippen LogP contribution in [0.1, 0.15) is 39.0 Å². The summed E-state index contributed by atoms with van der Waals surface area (Å²) in [6, 6.07) is 7.33. The van der Waals surface area contributed by atoms with Gasteiger partial charge in [-0.3, -0.25) is 4.79 Å². The van der Waals surface area contributed by atoms with E-state index in [9.17, 15) is 4.79 Å². The van der Waals surface area contributed by atoms with Gasteiger partial charge in [0.2, 0.25) is 5.78 Å². The Kier molecular flexibility index (Phi) is 5.06. The standard InChI is InChI=1S/C20H19BrN2OS/c1-4-5-6-15-11(2)16-17(22)19(25-20(16)23-12(15)3)18(24)13-7-9-14(21)10-8-13/h4-5,7-10H,6,22H2,1-3H3/b5-4+. The summed E-state index contributed by atoms with van der Waals surface area (Å²) in [6.45, 7) is 6.08. The smallest absolute Gasteiger partial charge is 0.205 e. The van der Waals surface area contributed by atoms with Crippen molar-refractivity contribution in [3.8, 4) is 0 Å². The number of pyridine rings is 1. The third kappa shape index (κ3) is 3.26. The first-order chi connectivity index (χ1) is 11.9. The number of ketones is 1. The van der Waals surface area contributed by atoms with Crippen molar-refractivity contribution in [2.45, 2.75) is 27.2 Å². The minimum absolute atomic E-state index is 0.0555. The van der Waals surface area contributed by atoms with Crippen molar-refractivity contribution in [2.24, 2.45) is 0 Å². The van der Waals surface area contributed by atoms with Crippen LogP contribution in [0, 0.1) is 13.8 Å². The predicted molar refractivity (Wildman–Crippen MR) is 110 cm³/mol. The second kappa shape index (κ2) is 7.10. The Bertz CT molecular complexity index is 987. The number of anilines is 1. The molecule has 3 nitrogen and oxygen atoms in total. The highest BCUT2D eigenvalue weighted by atomic mass is 79.9. The summed E-state index contributed by atoms with van der Waals surface area (Å²) in [5.41, 5.74) is 10.8. The van der Waals surface area contributed by atoms with E-state index >= 15 is 0 Å². The summed E-state index contributed by atoms with van der Waals surface area (Å²) in [5, 5.41) is 0.913. The van der Waals surface area contributed by atoms with Gasteiger partial charge < -0.3 is 5.73 Å². The number of hydrogen-bond acceptors (Lipinski definition) is 4. The Morgan fingerprint density at radius 1 is 1.28 bits per heavy atom. The van der Waals surface area contributed by atoms with E-state index in [1.807, 2.05) is 32.1 Å². The topological polar surface area (TPSA) is 56.0 Å². The van der Waals surface area contributed by atoms with Crippen LogP contribution >= 0.6 is 27.3 Å². The lowest BCUT2D eigenvalue weighted by Gasteiger charge is -2.09. The molecule has 3 aromatic rings. The molecule has 0 bridgehead atoms. The zero-order valence-electron chi connectivity index (χ0n) is 14.4. The van der Waals surface area contributed by atoms with Crippen LogP contribution in [0.5, 0.6) is 0 Å². The Labute approximate surface area is 159 Å². The average molecular weight is 415 g/mol. The van der Waals surface area contributed by atoms with Crippen LogP contribution in [-0.4, -0.2) is 10.8 Å². The molecular weight excluding hydrogens is 396 g/mol. The quantitative estimate of drug-likeness (QED) is 0.445. The van der Waals surface area contributed by atoms with Gasteiger partial charge in [-0.05, 0) is 62.6 Å². The van der Waals surface area contributed by atoms with Crippen LogP contribution in [0.3, 0.4) is 0 Å². The van der Waals surface area contributed by atoms with Crippen LogP contribution in [0.2, 0.25) is 0 Å². The predicted octanol–water partition coefficient (Wildman–Crippen LogP) is 5.61. The van der Waals surface area contributed by atoms with Crippen molar-refractivity contribution >= 4 is 49.0 Å². The Balaban J connectivity index is 2.15. The molecule has 0 saturated carbocycles. The number of allylic oxidation sites excluding steroid dienone is 2. The molecule has 0 radical (unpaired) electrons. The van der Waals surface area contributed by atoms with E-state index in [2.05, 4.69) is 28.9 Å². The molecule has 2 heterocycles. The fourth-order valence-electron chi connectivity index (χ4n) is 2.95. The van der Waals surface area contributed by atoms with Gasteiger partial charge in [-0.2, -0.15) is 0 Å². The van der Waals surface area contributed by atoms with Gasteiger partial charge in [-0.25, -0.2) is 4.98 Å². The maximum atomic E-state index is 12.9. The molecule has 5 heteroatoms. The molecule has 1 aromatic carbocycles. The molecule has 25 heavy (non-hydrogen) atoms. The van der Waals surface area contributed by atoms with E-state index in [4.69, 9.17) is 10.7 Å². The Morgan fingerprint density at radius 2 is 1.96 bits per heavy atom. The average Bonchev–Trinajstić information content (AvgIpc) is 2.91. The molecule has 0 fully saturated rings. The summed E-state index contributed by atoms with van der Waals surface area (Å²) in [7, 11) is 0. The summed E-state index contributed by atoms with van der Waals surface area (Å²) < 4.78 is 0.940. The van der Waals surface area contributed by atoms with E-state index in [0.717, 1.165) is 32.4 Å². The van der Waals surface area contributed by atoms with Gasteiger partial charge in [-0.1, -0.05) is 28.1 Å². The maximum absolute atomic E-state index is 12.9. The summed E-state index contributed by atoms with van der Waals surface area (Å²) >= 11 is 4.77. The number of hydrogen-bond donors (Lipinski definition) is 1. The first-order valence-corrected chi connectivity index (χ1v) is 9.64. The first kappa shape index (κ1) is 17.8. The van der Waals surface area contributed by atoms with E-state index in [1.54, 1.807) is 12.1 Å². The van der Waals surface area contributed by atoms with Gasteiger partial charge in [0.15, 0.2) is 0 Å². The highest BCUT2D eigenvalue weighted by Crippen LogP contribution is 2.38. The fraction of sp³-hybridized carbons (Fsp3) is 0.200. The number of fused-ring (bicyclic) bond motifs is 1. The molecule has 2 N–H and O–H groups in total. The van der Waals surface area contributed by atoms with Crippen LogP contribution in [-0.2, 0) is 6.42 Å². The number of halogens is 1. The number of nitrogens with zero attached hydrogens (tertiary/aromatic N) is 1. The zero-order valence-corrected chi connectivity index (χ0v) is 16.8. The van der Waals surface area contributed by atoms with Crippen molar-refractivity contribution in [1.82, 2.24) is 4.98 Å². The lowest BCUT2D eigenvalue weighted by Crippen LogP contribution is -2.02. The maximum Gasteiger partial charge on any atom is 0.205 e. The van der Waals surface area contributed by atoms with Crippen LogP contribution in [0.15, 0.2) is 40.9 Å². The molecule has 0 atom stereocenters. The molecule has 2 aromatic heterocycles. The molecule has 0 saturated heterocycles. The monoisotopic (exact) mass is 414 g/mol. The van der Waals surface area contributed by atoms with Gasteiger partial charge in [-0.15, -0.1) is 11.3 Å². The molecule has 0 amide bonds. The lowest BCUT2D eigenvalue weighted by molar-refractivity contribution is 0.104. The second-order valence-corrected chi connectivity index (χ2v) is 7.85. The molecule has 0 aliphatic heterocycles. The van der Waals surface area contributed by atoms with Gasteiger partial charge in [0.1, 0.15) is 9.71 Å². The number of aryl methyl sites for hydroxylation is 2. The van der Waals surface area contributed by atoms with Crippen molar-refractivity contribution in [3.63, 3.8) is 0 Å².